The number of rotatable bonds is 6. The van der Waals surface area contributed by atoms with Crippen molar-refractivity contribution in [3.05, 3.63) is 69.6 Å². The van der Waals surface area contributed by atoms with Crippen LogP contribution in [0.25, 0.3) is 22.4 Å². The zero-order chi connectivity index (χ0) is 22.1. The number of aryl methyl sites for hydroxylation is 1. The lowest BCUT2D eigenvalue weighted by Crippen LogP contribution is -2.02. The largest absolute Gasteiger partial charge is 0.496 e. The third-order valence-corrected chi connectivity index (χ3v) is 6.45. The third-order valence-electron chi connectivity index (χ3n) is 5.38. The first-order chi connectivity index (χ1) is 14.9. The van der Waals surface area contributed by atoms with Crippen LogP contribution in [-0.2, 0) is 12.8 Å². The number of aromatic nitrogens is 3. The molecule has 0 radical (unpaired) electrons. The number of ether oxygens (including phenoxy) is 1. The van der Waals surface area contributed by atoms with E-state index in [-0.39, 0.29) is 5.63 Å². The molecule has 6 nitrogen and oxygen atoms in total. The average Bonchev–Trinajstić information content (AvgIpc) is 3.11. The molecule has 0 atom stereocenters. The summed E-state index contributed by atoms with van der Waals surface area (Å²) in [5.74, 6) is 2.45. The number of fused-ring (bicyclic) bond motifs is 1. The fourth-order valence-electron chi connectivity index (χ4n) is 3.78. The maximum Gasteiger partial charge on any atom is 0.336 e. The molecule has 0 fully saturated rings. The molecule has 160 valence electrons. The van der Waals surface area contributed by atoms with Crippen LogP contribution >= 0.6 is 11.8 Å². The van der Waals surface area contributed by atoms with Crippen molar-refractivity contribution in [2.24, 2.45) is 7.05 Å². The standard InChI is InChI=1S/C24H25N3O3S/c1-14(2)18-12-19-16(11-22(28)30-21(19)10-15(18)3)13-31-24-26-25-23(27(24)4)17-8-6-7-9-20(17)29-5/h6-12,14H,13H2,1-5H3. The van der Waals surface area contributed by atoms with Gasteiger partial charge >= 0.3 is 5.63 Å². The first-order valence-electron chi connectivity index (χ1n) is 10.1. The smallest absolute Gasteiger partial charge is 0.336 e. The summed E-state index contributed by atoms with van der Waals surface area (Å²) in [5, 5.41) is 10.5. The zero-order valence-electron chi connectivity index (χ0n) is 18.3. The quantitative estimate of drug-likeness (QED) is 0.301. The molecule has 7 heteroatoms. The van der Waals surface area contributed by atoms with Crippen LogP contribution < -0.4 is 10.4 Å². The Bertz CT molecular complexity index is 1310. The number of hydrogen-bond donors (Lipinski definition) is 0. The molecule has 0 saturated heterocycles. The van der Waals surface area contributed by atoms with Gasteiger partial charge in [0, 0.05) is 24.3 Å². The van der Waals surface area contributed by atoms with Crippen molar-refractivity contribution in [2.75, 3.05) is 7.11 Å². The number of nitrogens with zero attached hydrogens (tertiary/aromatic N) is 3. The van der Waals surface area contributed by atoms with Crippen molar-refractivity contribution >= 4 is 22.7 Å². The lowest BCUT2D eigenvalue weighted by atomic mass is 9.95. The van der Waals surface area contributed by atoms with Crippen molar-refractivity contribution < 1.29 is 9.15 Å². The SMILES string of the molecule is COc1ccccc1-c1nnc(SCc2cc(=O)oc3cc(C)c(C(C)C)cc23)n1C. The molecule has 0 bridgehead atoms. The molecule has 0 aliphatic heterocycles. The van der Waals surface area contributed by atoms with E-state index in [1.807, 2.05) is 41.9 Å². The van der Waals surface area contributed by atoms with Crippen molar-refractivity contribution in [1.82, 2.24) is 14.8 Å². The van der Waals surface area contributed by atoms with E-state index in [0.29, 0.717) is 17.3 Å². The van der Waals surface area contributed by atoms with Crippen molar-refractivity contribution in [1.29, 1.82) is 0 Å². The Hall–Kier alpha value is -3.06. The molecule has 31 heavy (non-hydrogen) atoms. The molecular weight excluding hydrogens is 410 g/mol. The summed E-state index contributed by atoms with van der Waals surface area (Å²) in [6, 6.07) is 13.4. The summed E-state index contributed by atoms with van der Waals surface area (Å²) in [7, 11) is 3.58. The van der Waals surface area contributed by atoms with Crippen LogP contribution in [0.5, 0.6) is 5.75 Å². The highest BCUT2D eigenvalue weighted by molar-refractivity contribution is 7.98. The predicted molar refractivity (Wildman–Crippen MR) is 124 cm³/mol. The number of methoxy groups -OCH3 is 1. The van der Waals surface area contributed by atoms with E-state index >= 15 is 0 Å². The van der Waals surface area contributed by atoms with Crippen molar-refractivity contribution in [2.45, 2.75) is 37.6 Å². The lowest BCUT2D eigenvalue weighted by Gasteiger charge is -2.13. The van der Waals surface area contributed by atoms with Crippen LogP contribution in [-0.4, -0.2) is 21.9 Å². The molecule has 0 N–H and O–H groups in total. The van der Waals surface area contributed by atoms with Gasteiger partial charge in [-0.05, 0) is 53.8 Å². The molecule has 2 aromatic carbocycles. The molecule has 0 saturated carbocycles. The third kappa shape index (κ3) is 4.10. The minimum atomic E-state index is -0.340. The zero-order valence-corrected chi connectivity index (χ0v) is 19.1. The first kappa shape index (κ1) is 21.2. The molecule has 4 aromatic rings. The molecule has 0 amide bonds. The molecule has 2 aromatic heterocycles. The summed E-state index contributed by atoms with van der Waals surface area (Å²) < 4.78 is 12.9. The van der Waals surface area contributed by atoms with Gasteiger partial charge in [0.2, 0.25) is 0 Å². The van der Waals surface area contributed by atoms with Gasteiger partial charge in [-0.15, -0.1) is 10.2 Å². The highest BCUT2D eigenvalue weighted by atomic mass is 32.2. The van der Waals surface area contributed by atoms with Crippen LogP contribution in [0.1, 0.15) is 36.5 Å². The summed E-state index contributed by atoms with van der Waals surface area (Å²) in [6.07, 6.45) is 0. The number of thioether (sulfide) groups is 1. The van der Waals surface area contributed by atoms with Gasteiger partial charge in [-0.2, -0.15) is 0 Å². The molecular formula is C24H25N3O3S. The van der Waals surface area contributed by atoms with Gasteiger partial charge in [-0.25, -0.2) is 4.79 Å². The van der Waals surface area contributed by atoms with E-state index in [4.69, 9.17) is 9.15 Å². The first-order valence-corrected chi connectivity index (χ1v) is 11.1. The van der Waals surface area contributed by atoms with Gasteiger partial charge in [-0.1, -0.05) is 37.7 Å². The highest BCUT2D eigenvalue weighted by Gasteiger charge is 2.16. The van der Waals surface area contributed by atoms with E-state index in [0.717, 1.165) is 38.8 Å². The maximum absolute atomic E-state index is 12.1. The van der Waals surface area contributed by atoms with Gasteiger partial charge in [0.15, 0.2) is 11.0 Å². The molecule has 0 aliphatic rings. The van der Waals surface area contributed by atoms with E-state index < -0.39 is 0 Å². The van der Waals surface area contributed by atoms with E-state index in [2.05, 4.69) is 37.0 Å². The monoisotopic (exact) mass is 435 g/mol. The second-order valence-electron chi connectivity index (χ2n) is 7.80. The van der Waals surface area contributed by atoms with Crippen LogP contribution in [0, 0.1) is 6.92 Å². The van der Waals surface area contributed by atoms with E-state index in [1.165, 1.54) is 17.3 Å². The van der Waals surface area contributed by atoms with E-state index in [1.54, 1.807) is 13.2 Å². The van der Waals surface area contributed by atoms with Crippen LogP contribution in [0.2, 0.25) is 0 Å². The van der Waals surface area contributed by atoms with Crippen LogP contribution in [0.4, 0.5) is 0 Å². The molecule has 0 spiro atoms. The Morgan fingerprint density at radius 2 is 1.94 bits per heavy atom. The van der Waals surface area contributed by atoms with Crippen molar-refractivity contribution in [3.8, 4) is 17.1 Å². The molecule has 2 heterocycles. The molecule has 0 aliphatic carbocycles. The average molecular weight is 436 g/mol. The lowest BCUT2D eigenvalue weighted by molar-refractivity contribution is 0.416. The number of para-hydroxylation sites is 1. The second-order valence-corrected chi connectivity index (χ2v) is 8.75. The highest BCUT2D eigenvalue weighted by Crippen LogP contribution is 2.33. The fourth-order valence-corrected chi connectivity index (χ4v) is 4.68. The Balaban J connectivity index is 1.68. The minimum absolute atomic E-state index is 0.340. The fraction of sp³-hybridized carbons (Fsp3) is 0.292. The van der Waals surface area contributed by atoms with Gasteiger partial charge in [0.05, 0.1) is 12.7 Å². The molecule has 0 unspecified atom stereocenters. The van der Waals surface area contributed by atoms with Gasteiger partial charge in [0.1, 0.15) is 11.3 Å². The Kier molecular flexibility index (Phi) is 5.87. The predicted octanol–water partition coefficient (Wildman–Crippen LogP) is 5.32. The summed E-state index contributed by atoms with van der Waals surface area (Å²) in [5.41, 5.74) is 4.48. The Morgan fingerprint density at radius 1 is 1.16 bits per heavy atom. The Labute approximate surface area is 185 Å². The maximum atomic E-state index is 12.1. The minimum Gasteiger partial charge on any atom is -0.496 e. The normalized spacial score (nSPS) is 11.4. The molecule has 4 rings (SSSR count). The van der Waals surface area contributed by atoms with Gasteiger partial charge in [-0.3, -0.25) is 0 Å². The Morgan fingerprint density at radius 3 is 2.68 bits per heavy atom. The van der Waals surface area contributed by atoms with Gasteiger partial charge in [0.25, 0.3) is 0 Å². The van der Waals surface area contributed by atoms with E-state index in [9.17, 15) is 4.79 Å². The summed E-state index contributed by atoms with van der Waals surface area (Å²) >= 11 is 1.54. The topological polar surface area (TPSA) is 70.2 Å². The van der Waals surface area contributed by atoms with Crippen LogP contribution in [0.3, 0.4) is 0 Å². The van der Waals surface area contributed by atoms with Gasteiger partial charge < -0.3 is 13.7 Å². The number of benzene rings is 2. The number of hydrogen-bond acceptors (Lipinski definition) is 6. The van der Waals surface area contributed by atoms with Crippen LogP contribution in [0.15, 0.2) is 56.8 Å². The summed E-state index contributed by atoms with van der Waals surface area (Å²) in [4.78, 5) is 12.1. The summed E-state index contributed by atoms with van der Waals surface area (Å²) in [6.45, 7) is 6.39. The van der Waals surface area contributed by atoms with Crippen molar-refractivity contribution in [3.63, 3.8) is 0 Å². The second kappa shape index (κ2) is 8.59.